The van der Waals surface area contributed by atoms with Gasteiger partial charge in [-0.1, -0.05) is 11.8 Å². The smallest absolute Gasteiger partial charge is 0.325 e. The van der Waals surface area contributed by atoms with Gasteiger partial charge in [-0.2, -0.15) is 0 Å². The third-order valence-corrected chi connectivity index (χ3v) is 6.98. The van der Waals surface area contributed by atoms with E-state index >= 15 is 0 Å². The number of carbonyl (C=O) groups is 3. The highest BCUT2D eigenvalue weighted by molar-refractivity contribution is 8.22. The number of H-pyrrole nitrogens is 1. The zero-order valence-electron chi connectivity index (χ0n) is 12.9. The summed E-state index contributed by atoms with van der Waals surface area (Å²) in [5.74, 6) is -3.02. The lowest BCUT2D eigenvalue weighted by molar-refractivity contribution is -0.185. The fourth-order valence-electron chi connectivity index (χ4n) is 2.88. The molecule has 25 heavy (non-hydrogen) atoms. The van der Waals surface area contributed by atoms with E-state index < -0.39 is 40.0 Å². The van der Waals surface area contributed by atoms with Crippen molar-refractivity contribution in [2.24, 2.45) is 5.41 Å². The van der Waals surface area contributed by atoms with Crippen molar-refractivity contribution >= 4 is 41.4 Å². The molecular formula is C14H15N3O6S2. The molecule has 1 aromatic heterocycles. The Morgan fingerprint density at radius 2 is 2.24 bits per heavy atom. The van der Waals surface area contributed by atoms with Crippen molar-refractivity contribution in [1.82, 2.24) is 14.9 Å². The van der Waals surface area contributed by atoms with Crippen LogP contribution in [0.2, 0.25) is 0 Å². The summed E-state index contributed by atoms with van der Waals surface area (Å²) >= 11 is 2.36. The maximum Gasteiger partial charge on any atom is 0.325 e. The van der Waals surface area contributed by atoms with Crippen LogP contribution in [0.15, 0.2) is 23.0 Å². The fourth-order valence-corrected chi connectivity index (χ4v) is 5.91. The highest BCUT2D eigenvalue weighted by Gasteiger charge is 2.70. The number of aromatic amines is 1. The summed E-state index contributed by atoms with van der Waals surface area (Å²) in [6, 6.07) is 0. The van der Waals surface area contributed by atoms with Gasteiger partial charge in [0.25, 0.3) is 5.91 Å². The van der Waals surface area contributed by atoms with Crippen LogP contribution in [0.3, 0.4) is 0 Å². The van der Waals surface area contributed by atoms with Gasteiger partial charge in [0.05, 0.1) is 28.3 Å². The number of aromatic nitrogens is 2. The van der Waals surface area contributed by atoms with Crippen LogP contribution in [-0.4, -0.2) is 59.5 Å². The molecule has 1 saturated heterocycles. The van der Waals surface area contributed by atoms with Crippen LogP contribution in [0.5, 0.6) is 0 Å². The van der Waals surface area contributed by atoms with Gasteiger partial charge in [0.2, 0.25) is 5.41 Å². The van der Waals surface area contributed by atoms with Crippen LogP contribution < -0.4 is 0 Å². The Bertz CT molecular complexity index is 750. The van der Waals surface area contributed by atoms with E-state index in [9.17, 15) is 24.6 Å². The molecule has 0 radical (unpaired) electrons. The Balaban J connectivity index is 1.79. The quantitative estimate of drug-likeness (QED) is 0.396. The monoisotopic (exact) mass is 385 g/mol. The molecule has 0 aliphatic carbocycles. The van der Waals surface area contributed by atoms with E-state index in [1.165, 1.54) is 42.3 Å². The van der Waals surface area contributed by atoms with Crippen LogP contribution in [0.25, 0.3) is 0 Å². The molecule has 3 heterocycles. The highest BCUT2D eigenvalue weighted by atomic mass is 32.2. The number of β-lactam (4-membered cyclic amide) rings is 1. The Hall–Kier alpha value is -1.98. The third kappa shape index (κ3) is 2.71. The van der Waals surface area contributed by atoms with E-state index in [1.54, 1.807) is 0 Å². The van der Waals surface area contributed by atoms with E-state index in [-0.39, 0.29) is 6.42 Å². The number of aliphatic hydroxyl groups excluding tert-OH is 1. The molecule has 0 spiro atoms. The summed E-state index contributed by atoms with van der Waals surface area (Å²) < 4.78 is 0.614. The molecule has 134 valence electrons. The zero-order valence-corrected chi connectivity index (χ0v) is 14.6. The van der Waals surface area contributed by atoms with E-state index in [0.717, 1.165) is 11.8 Å². The largest absolute Gasteiger partial charge is 0.481 e. The number of thioether (sulfide) groups is 2. The molecule has 4 N–H and O–H groups in total. The number of rotatable bonds is 7. The standard InChI is InChI=1S/C14H15N3O6S2/c1-6(18)14(13(22)23)11(21)17-4-10(25-12(14)17)24-8(2-9(19)20)7-3-15-5-16-7/h3-6,8,12,18H,2H2,1H3,(H,15,16)(H,19,20)(H,22,23)/t6?,8?,12-,14-/m1/s1. The van der Waals surface area contributed by atoms with Crippen LogP contribution in [0.1, 0.15) is 24.3 Å². The van der Waals surface area contributed by atoms with E-state index in [1.807, 2.05) is 0 Å². The molecule has 11 heteroatoms. The van der Waals surface area contributed by atoms with Gasteiger partial charge < -0.3 is 25.2 Å². The maximum atomic E-state index is 12.3. The molecule has 0 saturated carbocycles. The Kier molecular flexibility index (Phi) is 4.56. The van der Waals surface area contributed by atoms with Crippen LogP contribution in [0.4, 0.5) is 0 Å². The Morgan fingerprint density at radius 1 is 1.52 bits per heavy atom. The number of imidazole rings is 1. The number of nitrogens with one attached hydrogen (secondary N) is 1. The van der Waals surface area contributed by atoms with Crippen molar-refractivity contribution in [3.63, 3.8) is 0 Å². The second-order valence-corrected chi connectivity index (χ2v) is 8.32. The number of hydrogen-bond donors (Lipinski definition) is 4. The molecule has 2 aliphatic heterocycles. The molecule has 3 rings (SSSR count). The summed E-state index contributed by atoms with van der Waals surface area (Å²) in [5, 5.41) is 27.2. The lowest BCUT2D eigenvalue weighted by Gasteiger charge is -2.49. The maximum absolute atomic E-state index is 12.3. The lowest BCUT2D eigenvalue weighted by atomic mass is 9.74. The second-order valence-electron chi connectivity index (χ2n) is 5.69. The van der Waals surface area contributed by atoms with Crippen molar-refractivity contribution in [3.8, 4) is 0 Å². The van der Waals surface area contributed by atoms with Crippen LogP contribution >= 0.6 is 23.5 Å². The van der Waals surface area contributed by atoms with Gasteiger partial charge in [0, 0.05) is 18.1 Å². The summed E-state index contributed by atoms with van der Waals surface area (Å²) in [4.78, 5) is 43.0. The van der Waals surface area contributed by atoms with Crippen molar-refractivity contribution in [3.05, 3.63) is 28.7 Å². The molecule has 2 unspecified atom stereocenters. The summed E-state index contributed by atoms with van der Waals surface area (Å²) in [5.41, 5.74) is -1.26. The van der Waals surface area contributed by atoms with Gasteiger partial charge in [0.1, 0.15) is 5.37 Å². The normalized spacial score (nSPS) is 27.3. The molecule has 2 aliphatic rings. The van der Waals surface area contributed by atoms with Crippen molar-refractivity contribution in [1.29, 1.82) is 0 Å². The summed E-state index contributed by atoms with van der Waals surface area (Å²) in [7, 11) is 0. The van der Waals surface area contributed by atoms with Gasteiger partial charge in [-0.15, -0.1) is 11.8 Å². The third-order valence-electron chi connectivity index (χ3n) is 4.20. The Morgan fingerprint density at radius 3 is 2.76 bits per heavy atom. The number of carbonyl (C=O) groups excluding carboxylic acids is 1. The molecule has 1 amide bonds. The average Bonchev–Trinajstić information content (AvgIpc) is 3.14. The van der Waals surface area contributed by atoms with Crippen LogP contribution in [0, 0.1) is 5.41 Å². The van der Waals surface area contributed by atoms with Gasteiger partial charge in [-0.05, 0) is 6.92 Å². The number of aliphatic carboxylic acids is 2. The first-order chi connectivity index (χ1) is 11.8. The number of carboxylic acid groups (broad SMARTS) is 2. The predicted molar refractivity (Wildman–Crippen MR) is 89.2 cm³/mol. The number of nitrogens with zero attached hydrogens (tertiary/aromatic N) is 2. The molecular weight excluding hydrogens is 370 g/mol. The minimum atomic E-state index is -1.88. The molecule has 1 aromatic rings. The predicted octanol–water partition coefficient (Wildman–Crippen LogP) is 0.824. The van der Waals surface area contributed by atoms with Gasteiger partial charge in [0.15, 0.2) is 0 Å². The first kappa shape index (κ1) is 17.8. The topological polar surface area (TPSA) is 144 Å². The summed E-state index contributed by atoms with van der Waals surface area (Å²) in [6.07, 6.45) is 2.98. The molecule has 4 atom stereocenters. The number of amides is 1. The molecule has 1 fully saturated rings. The molecule has 0 aromatic carbocycles. The number of hydrogen-bond acceptors (Lipinski definition) is 7. The minimum absolute atomic E-state index is 0.163. The second kappa shape index (κ2) is 6.39. The highest BCUT2D eigenvalue weighted by Crippen LogP contribution is 2.58. The minimum Gasteiger partial charge on any atom is -0.481 e. The zero-order chi connectivity index (χ0) is 18.4. The first-order valence-electron chi connectivity index (χ1n) is 7.28. The van der Waals surface area contributed by atoms with Crippen molar-refractivity contribution in [2.75, 3.05) is 0 Å². The SMILES string of the molecule is CC(O)[C@@]1(C(=O)O)C(=O)N2C=C(SC(CC(=O)O)c3cnc[nH]3)S[C@@H]21. The van der Waals surface area contributed by atoms with E-state index in [2.05, 4.69) is 9.97 Å². The van der Waals surface area contributed by atoms with Gasteiger partial charge in [-0.25, -0.2) is 4.98 Å². The summed E-state index contributed by atoms with van der Waals surface area (Å²) in [6.45, 7) is 1.28. The van der Waals surface area contributed by atoms with E-state index in [0.29, 0.717) is 9.93 Å². The number of fused-ring (bicyclic) bond motifs is 1. The fraction of sp³-hybridized carbons (Fsp3) is 0.429. The van der Waals surface area contributed by atoms with Crippen LogP contribution in [-0.2, 0) is 14.4 Å². The lowest BCUT2D eigenvalue weighted by Crippen LogP contribution is -2.71. The number of carboxylic acids is 2. The average molecular weight is 385 g/mol. The number of aliphatic hydroxyl groups is 1. The van der Waals surface area contributed by atoms with Gasteiger partial charge >= 0.3 is 11.9 Å². The molecule has 9 nitrogen and oxygen atoms in total. The van der Waals surface area contributed by atoms with Crippen molar-refractivity contribution in [2.45, 2.75) is 30.1 Å². The van der Waals surface area contributed by atoms with E-state index in [4.69, 9.17) is 5.11 Å². The molecule has 0 bridgehead atoms. The van der Waals surface area contributed by atoms with Gasteiger partial charge in [-0.3, -0.25) is 14.4 Å². The first-order valence-corrected chi connectivity index (χ1v) is 9.03. The Labute approximate surface area is 150 Å². The van der Waals surface area contributed by atoms with Crippen molar-refractivity contribution < 1.29 is 29.7 Å².